The molecule has 1 aliphatic heterocycles. The van der Waals surface area contributed by atoms with Gasteiger partial charge in [0.15, 0.2) is 5.82 Å². The van der Waals surface area contributed by atoms with E-state index < -0.39 is 10.8 Å². The fourth-order valence-electron chi connectivity index (χ4n) is 3.15. The van der Waals surface area contributed by atoms with Crippen molar-refractivity contribution in [2.24, 2.45) is 0 Å². The molecule has 0 N–H and O–H groups in total. The van der Waals surface area contributed by atoms with Crippen molar-refractivity contribution in [3.05, 3.63) is 48.7 Å². The summed E-state index contributed by atoms with van der Waals surface area (Å²) >= 11 is 0. The third-order valence-corrected chi connectivity index (χ3v) is 5.77. The van der Waals surface area contributed by atoms with Gasteiger partial charge in [0.2, 0.25) is 0 Å². The van der Waals surface area contributed by atoms with E-state index in [1.807, 2.05) is 42.5 Å². The number of hydrogen-bond donors (Lipinski definition) is 0. The van der Waals surface area contributed by atoms with Crippen LogP contribution in [0, 0.1) is 0 Å². The Balaban J connectivity index is 1.51. The van der Waals surface area contributed by atoms with Crippen LogP contribution >= 0.6 is 0 Å². The van der Waals surface area contributed by atoms with E-state index in [0.717, 1.165) is 30.3 Å². The van der Waals surface area contributed by atoms with Crippen LogP contribution in [0.5, 0.6) is 0 Å². The standard InChI is InChI=1S/C18H24N4OS/c1-21(13-14-24(23)17-8-3-2-4-9-17)15-16-7-6-12-22(16)18-10-5-11-19-20-18/h2-5,8-11,16H,6-7,12-15H2,1H3/t16-,24-/m0/s1. The topological polar surface area (TPSA) is 49.3 Å². The Morgan fingerprint density at radius 1 is 1.25 bits per heavy atom. The van der Waals surface area contributed by atoms with Crippen LogP contribution in [-0.2, 0) is 10.8 Å². The molecule has 1 aromatic carbocycles. The second-order valence-corrected chi connectivity index (χ2v) is 7.77. The van der Waals surface area contributed by atoms with Gasteiger partial charge in [-0.3, -0.25) is 4.21 Å². The first-order valence-electron chi connectivity index (χ1n) is 8.40. The van der Waals surface area contributed by atoms with E-state index in [4.69, 9.17) is 0 Å². The van der Waals surface area contributed by atoms with Crippen molar-refractivity contribution in [1.29, 1.82) is 0 Å². The maximum atomic E-state index is 12.3. The molecule has 2 aromatic rings. The van der Waals surface area contributed by atoms with Gasteiger partial charge < -0.3 is 9.80 Å². The van der Waals surface area contributed by atoms with Gasteiger partial charge >= 0.3 is 0 Å². The number of hydrogen-bond acceptors (Lipinski definition) is 5. The zero-order valence-electron chi connectivity index (χ0n) is 14.0. The molecule has 3 rings (SSSR count). The van der Waals surface area contributed by atoms with Gasteiger partial charge in [0.1, 0.15) is 0 Å². The van der Waals surface area contributed by atoms with E-state index in [-0.39, 0.29) is 0 Å². The van der Waals surface area contributed by atoms with Crippen molar-refractivity contribution in [2.75, 3.05) is 37.3 Å². The van der Waals surface area contributed by atoms with Crippen molar-refractivity contribution >= 4 is 16.6 Å². The van der Waals surface area contributed by atoms with Crippen molar-refractivity contribution < 1.29 is 4.21 Å². The van der Waals surface area contributed by atoms with Crippen LogP contribution in [0.2, 0.25) is 0 Å². The summed E-state index contributed by atoms with van der Waals surface area (Å²) < 4.78 is 12.3. The normalized spacial score (nSPS) is 18.9. The Bertz CT molecular complexity index is 653. The molecule has 1 aliphatic rings. The summed E-state index contributed by atoms with van der Waals surface area (Å²) in [5.74, 6) is 1.62. The van der Waals surface area contributed by atoms with Gasteiger partial charge in [-0.15, -0.1) is 5.10 Å². The van der Waals surface area contributed by atoms with Gasteiger partial charge in [0, 0.05) is 42.5 Å². The summed E-state index contributed by atoms with van der Waals surface area (Å²) in [6.07, 6.45) is 4.06. The minimum absolute atomic E-state index is 0.455. The highest BCUT2D eigenvalue weighted by Crippen LogP contribution is 2.23. The molecule has 0 radical (unpaired) electrons. The fourth-order valence-corrected chi connectivity index (χ4v) is 4.33. The maximum Gasteiger partial charge on any atom is 0.151 e. The van der Waals surface area contributed by atoms with Crippen LogP contribution in [0.4, 0.5) is 5.82 Å². The molecule has 0 amide bonds. The molecular formula is C18H24N4OS. The molecule has 1 aromatic heterocycles. The zero-order valence-corrected chi connectivity index (χ0v) is 14.9. The first kappa shape index (κ1) is 17.0. The van der Waals surface area contributed by atoms with E-state index >= 15 is 0 Å². The summed E-state index contributed by atoms with van der Waals surface area (Å²) in [6.45, 7) is 2.82. The number of benzene rings is 1. The molecule has 24 heavy (non-hydrogen) atoms. The molecule has 2 atom stereocenters. The lowest BCUT2D eigenvalue weighted by Gasteiger charge is -2.29. The largest absolute Gasteiger partial charge is 0.351 e. The van der Waals surface area contributed by atoms with Gasteiger partial charge in [-0.1, -0.05) is 18.2 Å². The highest BCUT2D eigenvalue weighted by Gasteiger charge is 2.26. The SMILES string of the molecule is CN(CC[S@](=O)c1ccccc1)C[C@@H]1CCCN1c1cccnn1. The Morgan fingerprint density at radius 2 is 2.08 bits per heavy atom. The predicted molar refractivity (Wildman–Crippen MR) is 97.6 cm³/mol. The first-order chi connectivity index (χ1) is 11.7. The highest BCUT2D eigenvalue weighted by atomic mass is 32.2. The van der Waals surface area contributed by atoms with E-state index in [2.05, 4.69) is 27.0 Å². The minimum Gasteiger partial charge on any atom is -0.351 e. The van der Waals surface area contributed by atoms with Gasteiger partial charge in [0.25, 0.3) is 0 Å². The average Bonchev–Trinajstić information content (AvgIpc) is 3.09. The summed E-state index contributed by atoms with van der Waals surface area (Å²) in [4.78, 5) is 5.53. The molecule has 0 unspecified atom stereocenters. The lowest BCUT2D eigenvalue weighted by atomic mass is 10.2. The predicted octanol–water partition coefficient (Wildman–Crippen LogP) is 2.19. The summed E-state index contributed by atoms with van der Waals surface area (Å²) in [5, 5.41) is 8.23. The summed E-state index contributed by atoms with van der Waals surface area (Å²) in [5.41, 5.74) is 0. The second-order valence-electron chi connectivity index (χ2n) is 6.20. The van der Waals surface area contributed by atoms with E-state index in [1.54, 1.807) is 6.20 Å². The number of likely N-dealkylation sites (N-methyl/N-ethyl adjacent to an activating group) is 1. The molecule has 2 heterocycles. The molecule has 0 saturated carbocycles. The molecular weight excluding hydrogens is 320 g/mol. The molecule has 0 spiro atoms. The van der Waals surface area contributed by atoms with Crippen LogP contribution in [0.15, 0.2) is 53.6 Å². The first-order valence-corrected chi connectivity index (χ1v) is 9.72. The lowest BCUT2D eigenvalue weighted by Crippen LogP contribution is -2.40. The van der Waals surface area contributed by atoms with Crippen molar-refractivity contribution in [3.8, 4) is 0 Å². The van der Waals surface area contributed by atoms with Crippen molar-refractivity contribution in [2.45, 2.75) is 23.8 Å². The fraction of sp³-hybridized carbons (Fsp3) is 0.444. The Hall–Kier alpha value is -1.79. The quantitative estimate of drug-likeness (QED) is 0.770. The number of rotatable bonds is 7. The van der Waals surface area contributed by atoms with Crippen LogP contribution in [-0.4, -0.2) is 57.8 Å². The third kappa shape index (κ3) is 4.39. The number of nitrogens with zero attached hydrogens (tertiary/aromatic N) is 4. The van der Waals surface area contributed by atoms with Crippen LogP contribution < -0.4 is 4.90 Å². The molecule has 1 saturated heterocycles. The van der Waals surface area contributed by atoms with E-state index in [1.165, 1.54) is 12.8 Å². The third-order valence-electron chi connectivity index (χ3n) is 4.42. The Kier molecular flexibility index (Phi) is 5.93. The van der Waals surface area contributed by atoms with Crippen LogP contribution in [0.3, 0.4) is 0 Å². The molecule has 6 heteroatoms. The molecule has 1 fully saturated rings. The van der Waals surface area contributed by atoms with Crippen LogP contribution in [0.25, 0.3) is 0 Å². The number of anilines is 1. The maximum absolute atomic E-state index is 12.3. The van der Waals surface area contributed by atoms with E-state index in [9.17, 15) is 4.21 Å². The average molecular weight is 344 g/mol. The van der Waals surface area contributed by atoms with Gasteiger partial charge in [-0.05, 0) is 44.2 Å². The summed E-state index contributed by atoms with van der Waals surface area (Å²) in [6, 6.07) is 14.1. The molecule has 5 nitrogen and oxygen atoms in total. The monoisotopic (exact) mass is 344 g/mol. The summed E-state index contributed by atoms with van der Waals surface area (Å²) in [7, 11) is 1.18. The molecule has 128 valence electrons. The van der Waals surface area contributed by atoms with Crippen LogP contribution in [0.1, 0.15) is 12.8 Å². The number of aromatic nitrogens is 2. The Labute approximate surface area is 146 Å². The second kappa shape index (κ2) is 8.35. The van der Waals surface area contributed by atoms with Crippen molar-refractivity contribution in [1.82, 2.24) is 15.1 Å². The van der Waals surface area contributed by atoms with Crippen molar-refractivity contribution in [3.63, 3.8) is 0 Å². The lowest BCUT2D eigenvalue weighted by molar-refractivity contribution is 0.327. The molecule has 0 bridgehead atoms. The van der Waals surface area contributed by atoms with Gasteiger partial charge in [0.05, 0.1) is 10.8 Å². The zero-order chi connectivity index (χ0) is 16.8. The van der Waals surface area contributed by atoms with Gasteiger partial charge in [-0.25, -0.2) is 0 Å². The van der Waals surface area contributed by atoms with E-state index in [0.29, 0.717) is 11.8 Å². The Morgan fingerprint density at radius 3 is 2.83 bits per heavy atom. The smallest absolute Gasteiger partial charge is 0.151 e. The molecule has 0 aliphatic carbocycles. The minimum atomic E-state index is -0.929. The highest BCUT2D eigenvalue weighted by molar-refractivity contribution is 7.85. The van der Waals surface area contributed by atoms with Gasteiger partial charge in [-0.2, -0.15) is 5.10 Å².